The van der Waals surface area contributed by atoms with Crippen molar-refractivity contribution in [1.29, 1.82) is 0 Å². The van der Waals surface area contributed by atoms with Gasteiger partial charge in [0, 0.05) is 28.3 Å². The van der Waals surface area contributed by atoms with E-state index in [1.807, 2.05) is 13.8 Å². The van der Waals surface area contributed by atoms with E-state index >= 15 is 0 Å². The molecule has 6 N–H and O–H groups in total. The van der Waals surface area contributed by atoms with Gasteiger partial charge in [0.2, 0.25) is 5.91 Å². The lowest BCUT2D eigenvalue weighted by Gasteiger charge is -2.26. The molecule has 1 unspecified atom stereocenters. The minimum atomic E-state index is -0.760. The van der Waals surface area contributed by atoms with Crippen molar-refractivity contribution in [2.45, 2.75) is 26.2 Å². The first kappa shape index (κ1) is 24.8. The summed E-state index contributed by atoms with van der Waals surface area (Å²) in [5.41, 5.74) is 17.9. The molecule has 2 rings (SSSR count). The fourth-order valence-corrected chi connectivity index (χ4v) is 4.04. The van der Waals surface area contributed by atoms with Crippen molar-refractivity contribution in [2.24, 2.45) is 23.1 Å². The zero-order valence-corrected chi connectivity index (χ0v) is 18.9. The Bertz CT molecular complexity index is 1150. The lowest BCUT2D eigenvalue weighted by molar-refractivity contribution is -0.394. The average molecular weight is 476 g/mol. The summed E-state index contributed by atoms with van der Waals surface area (Å²) in [5, 5.41) is 22.6. The molecule has 0 fully saturated rings. The molecule has 1 atom stereocenters. The number of carbonyl (C=O) groups is 1. The average Bonchev–Trinajstić information content (AvgIpc) is 2.70. The van der Waals surface area contributed by atoms with Gasteiger partial charge >= 0.3 is 0 Å². The van der Waals surface area contributed by atoms with Gasteiger partial charge in [-0.15, -0.1) is 0 Å². The first-order valence-corrected chi connectivity index (χ1v) is 10.2. The Morgan fingerprint density at radius 3 is 2.00 bits per heavy atom. The van der Waals surface area contributed by atoms with Crippen molar-refractivity contribution in [3.05, 3.63) is 78.4 Å². The molecule has 0 radical (unpaired) electrons. The Balaban J connectivity index is 2.74. The number of carbonyl (C=O) groups excluding carboxylic acids is 1. The summed E-state index contributed by atoms with van der Waals surface area (Å²) in [7, 11) is 0. The topological polar surface area (TPSA) is 181 Å². The van der Waals surface area contributed by atoms with E-state index < -0.39 is 15.8 Å². The van der Waals surface area contributed by atoms with Gasteiger partial charge in [0.1, 0.15) is 9.98 Å². The van der Waals surface area contributed by atoms with E-state index in [9.17, 15) is 25.0 Å². The van der Waals surface area contributed by atoms with Crippen LogP contribution < -0.4 is 17.2 Å². The largest absolute Gasteiger partial charge is 0.389 e. The summed E-state index contributed by atoms with van der Waals surface area (Å²) >= 11 is 10.3. The molecule has 0 saturated heterocycles. The van der Waals surface area contributed by atoms with Gasteiger partial charge in [-0.25, -0.2) is 0 Å². The highest BCUT2D eigenvalue weighted by Gasteiger charge is 2.29. The van der Waals surface area contributed by atoms with Crippen molar-refractivity contribution >= 4 is 51.7 Å². The van der Waals surface area contributed by atoms with Gasteiger partial charge in [-0.2, -0.15) is 0 Å². The summed E-state index contributed by atoms with van der Waals surface area (Å²) in [4.78, 5) is 33.0. The maximum atomic E-state index is 11.9. The number of hydrogen-bond acceptors (Lipinski definition) is 7. The Morgan fingerprint density at radius 1 is 0.969 bits per heavy atom. The van der Waals surface area contributed by atoms with E-state index in [0.717, 1.165) is 6.07 Å². The quantitative estimate of drug-likeness (QED) is 0.279. The predicted octanol–water partition coefficient (Wildman–Crippen LogP) is 2.85. The van der Waals surface area contributed by atoms with Crippen LogP contribution in [-0.4, -0.2) is 25.7 Å². The van der Waals surface area contributed by atoms with E-state index in [1.54, 1.807) is 6.07 Å². The zero-order chi connectivity index (χ0) is 24.3. The molecular formula is C20H21N5O5S2. The van der Waals surface area contributed by atoms with Gasteiger partial charge in [-0.1, -0.05) is 44.3 Å². The number of amides is 1. The Hall–Kier alpha value is -3.51. The molecule has 0 bridgehead atoms. The maximum Gasteiger partial charge on any atom is 0.279 e. The second-order valence-corrected chi connectivity index (χ2v) is 8.31. The molecule has 2 aromatic rings. The predicted molar refractivity (Wildman–Crippen MR) is 128 cm³/mol. The minimum Gasteiger partial charge on any atom is -0.389 e. The number of primary amides is 1. The van der Waals surface area contributed by atoms with Crippen LogP contribution in [0.4, 0.5) is 11.4 Å². The lowest BCUT2D eigenvalue weighted by atomic mass is 9.79. The minimum absolute atomic E-state index is 0.0604. The van der Waals surface area contributed by atoms with E-state index in [0.29, 0.717) is 11.1 Å². The second-order valence-electron chi connectivity index (χ2n) is 7.43. The molecular weight excluding hydrogens is 454 g/mol. The highest BCUT2D eigenvalue weighted by Crippen LogP contribution is 2.36. The van der Waals surface area contributed by atoms with Crippen LogP contribution in [0.3, 0.4) is 0 Å². The molecule has 0 heterocycles. The third kappa shape index (κ3) is 5.03. The highest BCUT2D eigenvalue weighted by molar-refractivity contribution is 7.81. The van der Waals surface area contributed by atoms with Gasteiger partial charge in [-0.3, -0.25) is 25.0 Å². The molecule has 0 spiro atoms. The number of nitro benzene ring substituents is 2. The van der Waals surface area contributed by atoms with Crippen molar-refractivity contribution in [3.63, 3.8) is 0 Å². The molecule has 1 amide bonds. The molecule has 2 aromatic carbocycles. The van der Waals surface area contributed by atoms with E-state index in [1.165, 1.54) is 18.2 Å². The number of nitro groups is 2. The summed E-state index contributed by atoms with van der Waals surface area (Å²) in [6.07, 6.45) is 0.147. The number of nitrogens with two attached hydrogens (primary N) is 3. The fraction of sp³-hybridized carbons (Fsp3) is 0.250. The molecule has 32 heavy (non-hydrogen) atoms. The molecule has 12 heteroatoms. The third-order valence-electron chi connectivity index (χ3n) is 5.12. The summed E-state index contributed by atoms with van der Waals surface area (Å²) in [6.45, 7) is 3.79. The number of nitrogens with zero attached hydrogens (tertiary/aromatic N) is 2. The van der Waals surface area contributed by atoms with Crippen LogP contribution in [0.5, 0.6) is 0 Å². The second kappa shape index (κ2) is 9.75. The lowest BCUT2D eigenvalue weighted by Crippen LogP contribution is -2.28. The first-order valence-electron chi connectivity index (χ1n) is 9.34. The van der Waals surface area contributed by atoms with Gasteiger partial charge in [-0.05, 0) is 36.0 Å². The number of benzene rings is 2. The van der Waals surface area contributed by atoms with Gasteiger partial charge < -0.3 is 17.2 Å². The SMILES string of the molecule is CC(C)C(Cc1ccc([N+](=O)[O-])cc1[N+](=O)[O-])c1ccc(C(N)=O)c(C(N)=S)c1C(N)=S. The molecule has 0 saturated carbocycles. The third-order valence-corrected chi connectivity index (χ3v) is 5.52. The van der Waals surface area contributed by atoms with Crippen molar-refractivity contribution in [2.75, 3.05) is 0 Å². The normalized spacial score (nSPS) is 11.7. The highest BCUT2D eigenvalue weighted by atomic mass is 32.1. The van der Waals surface area contributed by atoms with Gasteiger partial charge in [0.25, 0.3) is 11.4 Å². The molecule has 10 nitrogen and oxygen atoms in total. The molecule has 168 valence electrons. The zero-order valence-electron chi connectivity index (χ0n) is 17.2. The van der Waals surface area contributed by atoms with E-state index in [2.05, 4.69) is 0 Å². The molecule has 0 aliphatic carbocycles. The van der Waals surface area contributed by atoms with Crippen LogP contribution in [0, 0.1) is 26.1 Å². The van der Waals surface area contributed by atoms with Crippen LogP contribution in [0.1, 0.15) is 52.4 Å². The van der Waals surface area contributed by atoms with E-state index in [-0.39, 0.29) is 56.3 Å². The first-order chi connectivity index (χ1) is 14.9. The fourth-order valence-electron chi connectivity index (χ4n) is 3.60. The summed E-state index contributed by atoms with van der Waals surface area (Å²) in [6, 6.07) is 6.59. The van der Waals surface area contributed by atoms with Gasteiger partial charge in [0.15, 0.2) is 0 Å². The summed E-state index contributed by atoms with van der Waals surface area (Å²) < 4.78 is 0. The molecule has 0 aliphatic heterocycles. The van der Waals surface area contributed by atoms with Crippen LogP contribution in [-0.2, 0) is 6.42 Å². The standard InChI is InChI=1S/C20H21N5O5S2/c1-9(2)14(7-10-3-4-11(24(27)28)8-15(10)25(29)30)12-5-6-13(18(21)26)17(20(23)32)16(12)19(22)31/h3-6,8-9,14H,7H2,1-2H3,(H2,21,26)(H2,22,31)(H2,23,32). The van der Waals surface area contributed by atoms with E-state index in [4.69, 9.17) is 41.6 Å². The molecule has 0 aromatic heterocycles. The van der Waals surface area contributed by atoms with Crippen LogP contribution in [0.2, 0.25) is 0 Å². The van der Waals surface area contributed by atoms with Gasteiger partial charge in [0.05, 0.1) is 15.9 Å². The number of non-ortho nitro benzene ring substituents is 1. The number of hydrogen-bond donors (Lipinski definition) is 3. The monoisotopic (exact) mass is 475 g/mol. The Kier molecular flexibility index (Phi) is 7.54. The number of thiocarbonyl (C=S) groups is 2. The van der Waals surface area contributed by atoms with Crippen LogP contribution >= 0.6 is 24.4 Å². The van der Waals surface area contributed by atoms with Crippen LogP contribution in [0.15, 0.2) is 30.3 Å². The Labute approximate surface area is 194 Å². The van der Waals surface area contributed by atoms with Crippen molar-refractivity contribution in [3.8, 4) is 0 Å². The summed E-state index contributed by atoms with van der Waals surface area (Å²) in [5.74, 6) is -1.21. The number of rotatable bonds is 9. The van der Waals surface area contributed by atoms with Crippen LogP contribution in [0.25, 0.3) is 0 Å². The molecule has 0 aliphatic rings. The van der Waals surface area contributed by atoms with Crippen molar-refractivity contribution < 1.29 is 14.6 Å². The Morgan fingerprint density at radius 2 is 1.56 bits per heavy atom. The maximum absolute atomic E-state index is 11.9. The van der Waals surface area contributed by atoms with Crippen molar-refractivity contribution in [1.82, 2.24) is 0 Å². The smallest absolute Gasteiger partial charge is 0.279 e.